The smallest absolute Gasteiger partial charge is 0.264 e. The van der Waals surface area contributed by atoms with Crippen molar-refractivity contribution in [3.05, 3.63) is 71.1 Å². The van der Waals surface area contributed by atoms with Gasteiger partial charge in [0.1, 0.15) is 13.2 Å². The molecule has 0 radical (unpaired) electrons. The van der Waals surface area contributed by atoms with Crippen LogP contribution in [-0.4, -0.2) is 30.1 Å². The SMILES string of the molecule is CC(C)N(Cc1ccccc1)C(=O)c1ccc(-c2ccc3c(c2)OCCO3)s1. The molecule has 0 aliphatic carbocycles. The minimum atomic E-state index is 0.0626. The Balaban J connectivity index is 1.56. The summed E-state index contributed by atoms with van der Waals surface area (Å²) < 4.78 is 11.3. The lowest BCUT2D eigenvalue weighted by molar-refractivity contribution is 0.0695. The quantitative estimate of drug-likeness (QED) is 0.595. The van der Waals surface area contributed by atoms with Crippen molar-refractivity contribution in [2.45, 2.75) is 26.4 Å². The molecular weight excluding hydrogens is 370 g/mol. The normalized spacial score (nSPS) is 12.8. The number of carbonyl (C=O) groups excluding carboxylic acids is 1. The fourth-order valence-corrected chi connectivity index (χ4v) is 4.17. The van der Waals surface area contributed by atoms with E-state index >= 15 is 0 Å². The zero-order valence-corrected chi connectivity index (χ0v) is 16.9. The summed E-state index contributed by atoms with van der Waals surface area (Å²) in [5, 5.41) is 0. The van der Waals surface area contributed by atoms with Crippen molar-refractivity contribution in [3.63, 3.8) is 0 Å². The highest BCUT2D eigenvalue weighted by Gasteiger charge is 2.21. The van der Waals surface area contributed by atoms with Crippen LogP contribution in [0.4, 0.5) is 0 Å². The highest BCUT2D eigenvalue weighted by molar-refractivity contribution is 7.17. The molecule has 0 unspecified atom stereocenters. The highest BCUT2D eigenvalue weighted by atomic mass is 32.1. The lowest BCUT2D eigenvalue weighted by Gasteiger charge is -2.26. The second kappa shape index (κ2) is 8.07. The summed E-state index contributed by atoms with van der Waals surface area (Å²) in [5.74, 6) is 1.60. The summed E-state index contributed by atoms with van der Waals surface area (Å²) in [6, 6.07) is 20.1. The second-order valence-corrected chi connectivity index (χ2v) is 8.12. The van der Waals surface area contributed by atoms with Crippen molar-refractivity contribution in [1.82, 2.24) is 4.90 Å². The van der Waals surface area contributed by atoms with Crippen LogP contribution < -0.4 is 9.47 Å². The Morgan fingerprint density at radius 1 is 1.00 bits per heavy atom. The minimum absolute atomic E-state index is 0.0626. The molecule has 0 spiro atoms. The Morgan fingerprint density at radius 3 is 2.50 bits per heavy atom. The predicted octanol–water partition coefficient (Wildman–Crippen LogP) is 5.24. The van der Waals surface area contributed by atoms with Crippen LogP contribution in [0, 0.1) is 0 Å². The van der Waals surface area contributed by atoms with Crippen LogP contribution in [0.2, 0.25) is 0 Å². The number of nitrogens with zero attached hydrogens (tertiary/aromatic N) is 1. The molecule has 2 heterocycles. The summed E-state index contributed by atoms with van der Waals surface area (Å²) >= 11 is 1.51. The van der Waals surface area contributed by atoms with E-state index < -0.39 is 0 Å². The maximum atomic E-state index is 13.2. The van der Waals surface area contributed by atoms with Gasteiger partial charge in [-0.15, -0.1) is 11.3 Å². The number of thiophene rings is 1. The van der Waals surface area contributed by atoms with Gasteiger partial charge >= 0.3 is 0 Å². The molecule has 4 rings (SSSR count). The first kappa shape index (κ1) is 18.6. The number of amides is 1. The average molecular weight is 394 g/mol. The molecule has 0 saturated carbocycles. The van der Waals surface area contributed by atoms with E-state index in [1.165, 1.54) is 11.3 Å². The molecule has 0 bridgehead atoms. The fourth-order valence-electron chi connectivity index (χ4n) is 3.22. The van der Waals surface area contributed by atoms with Gasteiger partial charge in [-0.2, -0.15) is 0 Å². The summed E-state index contributed by atoms with van der Waals surface area (Å²) in [6.07, 6.45) is 0. The maximum Gasteiger partial charge on any atom is 0.264 e. The Bertz CT molecular complexity index is 965. The molecule has 3 aromatic rings. The largest absolute Gasteiger partial charge is 0.486 e. The summed E-state index contributed by atoms with van der Waals surface area (Å²) in [5.41, 5.74) is 2.17. The standard InChI is InChI=1S/C23H23NO3S/c1-16(2)24(15-17-6-4-3-5-7-17)23(25)22-11-10-21(28-22)18-8-9-19-20(14-18)27-13-12-26-19/h3-11,14,16H,12-13,15H2,1-2H3. The van der Waals surface area contributed by atoms with E-state index in [-0.39, 0.29) is 11.9 Å². The third-order valence-corrected chi connectivity index (χ3v) is 5.85. The summed E-state index contributed by atoms with van der Waals surface area (Å²) in [6.45, 7) is 5.85. The first-order chi connectivity index (χ1) is 13.6. The Kier molecular flexibility index (Phi) is 5.35. The van der Waals surface area contributed by atoms with Gasteiger partial charge in [0.15, 0.2) is 11.5 Å². The van der Waals surface area contributed by atoms with Gasteiger partial charge in [-0.1, -0.05) is 30.3 Å². The molecular formula is C23H23NO3S. The van der Waals surface area contributed by atoms with Crippen molar-refractivity contribution in [1.29, 1.82) is 0 Å². The van der Waals surface area contributed by atoms with Crippen molar-refractivity contribution < 1.29 is 14.3 Å². The van der Waals surface area contributed by atoms with Crippen molar-refractivity contribution in [3.8, 4) is 21.9 Å². The van der Waals surface area contributed by atoms with Crippen molar-refractivity contribution in [2.75, 3.05) is 13.2 Å². The van der Waals surface area contributed by atoms with Gasteiger partial charge in [-0.25, -0.2) is 0 Å². The van der Waals surface area contributed by atoms with Crippen LogP contribution in [0.5, 0.6) is 11.5 Å². The first-order valence-corrected chi connectivity index (χ1v) is 10.3. The predicted molar refractivity (Wildman–Crippen MR) is 112 cm³/mol. The van der Waals surface area contributed by atoms with Gasteiger partial charge in [-0.3, -0.25) is 4.79 Å². The summed E-state index contributed by atoms with van der Waals surface area (Å²) in [7, 11) is 0. The number of benzene rings is 2. The molecule has 5 heteroatoms. The molecule has 2 aromatic carbocycles. The lowest BCUT2D eigenvalue weighted by atomic mass is 10.1. The molecule has 0 N–H and O–H groups in total. The van der Waals surface area contributed by atoms with Crippen molar-refractivity contribution in [2.24, 2.45) is 0 Å². The van der Waals surface area contributed by atoms with Gasteiger partial charge in [0.25, 0.3) is 5.91 Å². The van der Waals surface area contributed by atoms with E-state index in [4.69, 9.17) is 9.47 Å². The fraction of sp³-hybridized carbons (Fsp3) is 0.261. The highest BCUT2D eigenvalue weighted by Crippen LogP contribution is 2.37. The van der Waals surface area contributed by atoms with Crippen LogP contribution in [-0.2, 0) is 6.54 Å². The number of carbonyl (C=O) groups is 1. The molecule has 1 amide bonds. The van der Waals surface area contributed by atoms with E-state index in [1.54, 1.807) is 0 Å². The van der Waals surface area contributed by atoms with Gasteiger partial charge in [-0.05, 0) is 55.3 Å². The van der Waals surface area contributed by atoms with Crippen LogP contribution in [0.3, 0.4) is 0 Å². The zero-order chi connectivity index (χ0) is 19.5. The first-order valence-electron chi connectivity index (χ1n) is 9.46. The van der Waals surface area contributed by atoms with Gasteiger partial charge < -0.3 is 14.4 Å². The molecule has 1 aromatic heterocycles. The minimum Gasteiger partial charge on any atom is -0.486 e. The van der Waals surface area contributed by atoms with E-state index in [9.17, 15) is 4.79 Å². The van der Waals surface area contributed by atoms with Gasteiger partial charge in [0.05, 0.1) is 4.88 Å². The number of ether oxygens (including phenoxy) is 2. The molecule has 0 fully saturated rings. The van der Waals surface area contributed by atoms with E-state index in [0.29, 0.717) is 19.8 Å². The Hall–Kier alpha value is -2.79. The van der Waals surface area contributed by atoms with Crippen LogP contribution in [0.15, 0.2) is 60.7 Å². The Labute approximate surface area is 169 Å². The molecule has 0 atom stereocenters. The molecule has 0 saturated heterocycles. The van der Waals surface area contributed by atoms with Gasteiger partial charge in [0.2, 0.25) is 0 Å². The van der Waals surface area contributed by atoms with Crippen LogP contribution >= 0.6 is 11.3 Å². The average Bonchev–Trinajstić information content (AvgIpc) is 3.22. The molecule has 144 valence electrons. The monoisotopic (exact) mass is 393 g/mol. The molecule has 1 aliphatic heterocycles. The molecule has 1 aliphatic rings. The Morgan fingerprint density at radius 2 is 1.75 bits per heavy atom. The molecule has 28 heavy (non-hydrogen) atoms. The van der Waals surface area contributed by atoms with Crippen LogP contribution in [0.1, 0.15) is 29.1 Å². The third-order valence-electron chi connectivity index (χ3n) is 4.72. The number of hydrogen-bond acceptors (Lipinski definition) is 4. The van der Waals surface area contributed by atoms with Gasteiger partial charge in [0, 0.05) is 17.5 Å². The second-order valence-electron chi connectivity index (χ2n) is 7.03. The zero-order valence-electron chi connectivity index (χ0n) is 16.1. The van der Waals surface area contributed by atoms with E-state index in [0.717, 1.165) is 32.4 Å². The maximum absolute atomic E-state index is 13.2. The third kappa shape index (κ3) is 3.90. The van der Waals surface area contributed by atoms with Crippen LogP contribution in [0.25, 0.3) is 10.4 Å². The number of hydrogen-bond donors (Lipinski definition) is 0. The molecule has 4 nitrogen and oxygen atoms in total. The van der Waals surface area contributed by atoms with E-state index in [2.05, 4.69) is 26.0 Å². The number of fused-ring (bicyclic) bond motifs is 1. The number of rotatable bonds is 5. The topological polar surface area (TPSA) is 38.8 Å². The summed E-state index contributed by atoms with van der Waals surface area (Å²) in [4.78, 5) is 16.9. The van der Waals surface area contributed by atoms with E-state index in [1.807, 2.05) is 53.4 Å². The van der Waals surface area contributed by atoms with Crippen molar-refractivity contribution >= 4 is 17.2 Å². The lowest BCUT2D eigenvalue weighted by Crippen LogP contribution is -2.35.